The molecular formula is C24H31N3O4. The van der Waals surface area contributed by atoms with Gasteiger partial charge in [0.1, 0.15) is 5.75 Å². The Labute approximate surface area is 183 Å². The van der Waals surface area contributed by atoms with E-state index in [-0.39, 0.29) is 17.7 Å². The highest BCUT2D eigenvalue weighted by molar-refractivity contribution is 5.87. The van der Waals surface area contributed by atoms with Crippen molar-refractivity contribution in [3.63, 3.8) is 0 Å². The molecular weight excluding hydrogens is 394 g/mol. The third kappa shape index (κ3) is 5.75. The van der Waals surface area contributed by atoms with E-state index < -0.39 is 17.4 Å². The van der Waals surface area contributed by atoms with Crippen molar-refractivity contribution < 1.29 is 19.1 Å². The van der Waals surface area contributed by atoms with Gasteiger partial charge < -0.3 is 9.64 Å². The number of hydrogen-bond acceptors (Lipinski definition) is 4. The quantitative estimate of drug-likeness (QED) is 0.737. The van der Waals surface area contributed by atoms with Gasteiger partial charge in [-0.3, -0.25) is 25.2 Å². The molecule has 1 heterocycles. The molecule has 0 radical (unpaired) electrons. The third-order valence-electron chi connectivity index (χ3n) is 5.51. The maximum Gasteiger partial charge on any atom is 0.279 e. The van der Waals surface area contributed by atoms with Gasteiger partial charge in [-0.15, -0.1) is 0 Å². The molecule has 31 heavy (non-hydrogen) atoms. The summed E-state index contributed by atoms with van der Waals surface area (Å²) in [4.78, 5) is 38.9. The Morgan fingerprint density at radius 3 is 2.29 bits per heavy atom. The van der Waals surface area contributed by atoms with Crippen molar-refractivity contribution in [1.82, 2.24) is 15.8 Å². The summed E-state index contributed by atoms with van der Waals surface area (Å²) >= 11 is 0. The lowest BCUT2D eigenvalue weighted by atomic mass is 9.91. The van der Waals surface area contributed by atoms with Crippen LogP contribution in [0.5, 0.6) is 5.75 Å². The number of fused-ring (bicyclic) bond motifs is 1. The molecule has 1 aliphatic rings. The SMILES string of the molecule is C[C@@H](Oc1ccc2ccccc2c1)C(=O)NNC(=O)C1CCN(C(=O)C(C)(C)C)CC1. The molecule has 0 saturated carbocycles. The van der Waals surface area contributed by atoms with Crippen LogP contribution in [0.15, 0.2) is 42.5 Å². The van der Waals surface area contributed by atoms with Gasteiger partial charge in [0.05, 0.1) is 0 Å². The topological polar surface area (TPSA) is 87.7 Å². The van der Waals surface area contributed by atoms with Gasteiger partial charge in [0.15, 0.2) is 6.10 Å². The zero-order valence-electron chi connectivity index (χ0n) is 18.6. The van der Waals surface area contributed by atoms with Crippen LogP contribution in [0.4, 0.5) is 0 Å². The van der Waals surface area contributed by atoms with Crippen molar-refractivity contribution in [3.05, 3.63) is 42.5 Å². The molecule has 7 nitrogen and oxygen atoms in total. The Bertz CT molecular complexity index is 959. The van der Waals surface area contributed by atoms with Crippen molar-refractivity contribution in [1.29, 1.82) is 0 Å². The van der Waals surface area contributed by atoms with Crippen molar-refractivity contribution in [2.75, 3.05) is 13.1 Å². The zero-order valence-corrected chi connectivity index (χ0v) is 18.6. The number of piperidine rings is 1. The fourth-order valence-corrected chi connectivity index (χ4v) is 3.64. The Hall–Kier alpha value is -3.09. The summed E-state index contributed by atoms with van der Waals surface area (Å²) in [6.45, 7) is 8.40. The van der Waals surface area contributed by atoms with Crippen LogP contribution >= 0.6 is 0 Å². The van der Waals surface area contributed by atoms with Crippen molar-refractivity contribution >= 4 is 28.5 Å². The molecule has 3 rings (SSSR count). The van der Waals surface area contributed by atoms with Gasteiger partial charge in [-0.25, -0.2) is 0 Å². The zero-order chi connectivity index (χ0) is 22.6. The first-order valence-corrected chi connectivity index (χ1v) is 10.7. The number of hydrazine groups is 1. The van der Waals surface area contributed by atoms with Gasteiger partial charge in [0.25, 0.3) is 5.91 Å². The molecule has 0 aliphatic carbocycles. The number of nitrogens with zero attached hydrogens (tertiary/aromatic N) is 1. The number of carbonyl (C=O) groups is 3. The maximum atomic E-state index is 12.4. The summed E-state index contributed by atoms with van der Waals surface area (Å²) in [6, 6.07) is 13.5. The minimum Gasteiger partial charge on any atom is -0.481 e. The Kier molecular flexibility index (Phi) is 6.83. The molecule has 2 N–H and O–H groups in total. The number of benzene rings is 2. The number of rotatable bonds is 4. The third-order valence-corrected chi connectivity index (χ3v) is 5.51. The smallest absolute Gasteiger partial charge is 0.279 e. The Morgan fingerprint density at radius 2 is 1.65 bits per heavy atom. The van der Waals surface area contributed by atoms with Crippen LogP contribution in [-0.4, -0.2) is 41.8 Å². The number of carbonyl (C=O) groups excluding carboxylic acids is 3. The Morgan fingerprint density at radius 1 is 1.00 bits per heavy atom. The standard InChI is InChI=1S/C24H31N3O4/c1-16(31-20-10-9-17-7-5-6-8-19(17)15-20)21(28)25-26-22(29)18-11-13-27(14-12-18)23(30)24(2,3)4/h5-10,15-16,18H,11-14H2,1-4H3,(H,25,28)(H,26,29)/t16-/m1/s1. The van der Waals surface area contributed by atoms with Gasteiger partial charge in [-0.1, -0.05) is 51.1 Å². The molecule has 2 aromatic rings. The van der Waals surface area contributed by atoms with Crippen molar-refractivity contribution in [3.8, 4) is 5.75 Å². The predicted molar refractivity (Wildman–Crippen MR) is 119 cm³/mol. The number of nitrogens with one attached hydrogen (secondary N) is 2. The molecule has 3 amide bonds. The van der Waals surface area contributed by atoms with E-state index in [0.29, 0.717) is 31.7 Å². The number of amides is 3. The fourth-order valence-electron chi connectivity index (χ4n) is 3.64. The van der Waals surface area contributed by atoms with Gasteiger partial charge in [0, 0.05) is 24.4 Å². The van der Waals surface area contributed by atoms with Crippen LogP contribution in [0.3, 0.4) is 0 Å². The maximum absolute atomic E-state index is 12.4. The average Bonchev–Trinajstić information content (AvgIpc) is 2.76. The molecule has 166 valence electrons. The summed E-state index contributed by atoms with van der Waals surface area (Å²) in [5.74, 6) is -0.222. The van der Waals surface area contributed by atoms with Crippen LogP contribution in [0.1, 0.15) is 40.5 Å². The second kappa shape index (κ2) is 9.37. The van der Waals surface area contributed by atoms with Crippen molar-refractivity contribution in [2.24, 2.45) is 11.3 Å². The van der Waals surface area contributed by atoms with Crippen LogP contribution in [-0.2, 0) is 14.4 Å². The second-order valence-corrected chi connectivity index (χ2v) is 9.06. The monoisotopic (exact) mass is 425 g/mol. The van der Waals surface area contributed by atoms with Crippen LogP contribution in [0.2, 0.25) is 0 Å². The van der Waals surface area contributed by atoms with Gasteiger partial charge in [-0.05, 0) is 42.7 Å². The predicted octanol–water partition coefficient (Wildman–Crippen LogP) is 3.04. The van der Waals surface area contributed by atoms with Crippen LogP contribution < -0.4 is 15.6 Å². The van der Waals surface area contributed by atoms with E-state index in [2.05, 4.69) is 10.9 Å². The van der Waals surface area contributed by atoms with E-state index in [9.17, 15) is 14.4 Å². The highest BCUT2D eigenvalue weighted by Gasteiger charge is 2.32. The first kappa shape index (κ1) is 22.6. The highest BCUT2D eigenvalue weighted by atomic mass is 16.5. The fraction of sp³-hybridized carbons (Fsp3) is 0.458. The number of ether oxygens (including phenoxy) is 1. The molecule has 1 atom stereocenters. The number of likely N-dealkylation sites (tertiary alicyclic amines) is 1. The van der Waals surface area contributed by atoms with E-state index in [0.717, 1.165) is 10.8 Å². The van der Waals surface area contributed by atoms with E-state index in [1.165, 1.54) is 0 Å². The summed E-state index contributed by atoms with van der Waals surface area (Å²) in [6.07, 6.45) is 0.381. The average molecular weight is 426 g/mol. The summed E-state index contributed by atoms with van der Waals surface area (Å²) in [5, 5.41) is 2.12. The molecule has 0 spiro atoms. The lowest BCUT2D eigenvalue weighted by Gasteiger charge is -2.35. The highest BCUT2D eigenvalue weighted by Crippen LogP contribution is 2.24. The van der Waals surface area contributed by atoms with Gasteiger partial charge >= 0.3 is 0 Å². The summed E-state index contributed by atoms with van der Waals surface area (Å²) in [7, 11) is 0. The number of hydrogen-bond donors (Lipinski definition) is 2. The lowest BCUT2D eigenvalue weighted by Crippen LogP contribution is -2.51. The van der Waals surface area contributed by atoms with Crippen molar-refractivity contribution in [2.45, 2.75) is 46.6 Å². The minimum atomic E-state index is -0.771. The van der Waals surface area contributed by atoms with E-state index >= 15 is 0 Å². The van der Waals surface area contributed by atoms with Gasteiger partial charge in [0.2, 0.25) is 11.8 Å². The molecule has 1 fully saturated rings. The lowest BCUT2D eigenvalue weighted by molar-refractivity contribution is -0.143. The molecule has 0 aromatic heterocycles. The van der Waals surface area contributed by atoms with E-state index in [4.69, 9.17) is 4.74 Å². The summed E-state index contributed by atoms with van der Waals surface area (Å²) in [5.41, 5.74) is 4.53. The van der Waals surface area contributed by atoms with E-state index in [1.807, 2.05) is 68.1 Å². The molecule has 1 aliphatic heterocycles. The molecule has 0 unspecified atom stereocenters. The van der Waals surface area contributed by atoms with E-state index in [1.54, 1.807) is 6.92 Å². The second-order valence-electron chi connectivity index (χ2n) is 9.06. The molecule has 0 bridgehead atoms. The van der Waals surface area contributed by atoms with Crippen LogP contribution in [0, 0.1) is 11.3 Å². The largest absolute Gasteiger partial charge is 0.481 e. The first-order chi connectivity index (χ1) is 14.6. The molecule has 2 aromatic carbocycles. The minimum absolute atomic E-state index is 0.0966. The van der Waals surface area contributed by atoms with Gasteiger partial charge in [-0.2, -0.15) is 0 Å². The normalized spacial score (nSPS) is 15.9. The Balaban J connectivity index is 1.45. The van der Waals surface area contributed by atoms with Crippen LogP contribution in [0.25, 0.3) is 10.8 Å². The summed E-state index contributed by atoms with van der Waals surface area (Å²) < 4.78 is 5.73. The first-order valence-electron chi connectivity index (χ1n) is 10.7. The molecule has 1 saturated heterocycles. The molecule has 7 heteroatoms.